The van der Waals surface area contributed by atoms with Gasteiger partial charge in [-0.05, 0) is 17.7 Å². The number of rotatable bonds is 3. The van der Waals surface area contributed by atoms with Crippen LogP contribution < -0.4 is 16.2 Å². The fourth-order valence-corrected chi connectivity index (χ4v) is 1.06. The highest BCUT2D eigenvalue weighted by Crippen LogP contribution is 2.24. The van der Waals surface area contributed by atoms with Gasteiger partial charge in [-0.1, -0.05) is 6.07 Å². The van der Waals surface area contributed by atoms with Crippen LogP contribution in [0.1, 0.15) is 11.6 Å². The van der Waals surface area contributed by atoms with E-state index in [-0.39, 0.29) is 12.6 Å². The number of benzene rings is 1. The van der Waals surface area contributed by atoms with Crippen molar-refractivity contribution in [3.63, 3.8) is 0 Å². The molecular formula is C9H14N2O2. The molecule has 4 nitrogen and oxygen atoms in total. The Balaban J connectivity index is 2.99. The zero-order valence-electron chi connectivity index (χ0n) is 7.53. The summed E-state index contributed by atoms with van der Waals surface area (Å²) in [5, 5.41) is 8.82. The van der Waals surface area contributed by atoms with E-state index in [4.69, 9.17) is 21.3 Å². The van der Waals surface area contributed by atoms with Crippen LogP contribution in [0, 0.1) is 0 Å². The Morgan fingerprint density at radius 2 is 2.23 bits per heavy atom. The Kier molecular flexibility index (Phi) is 3.11. The predicted molar refractivity (Wildman–Crippen MR) is 51.4 cm³/mol. The fraction of sp³-hybridized carbons (Fsp3) is 0.333. The highest BCUT2D eigenvalue weighted by molar-refractivity contribution is 5.54. The van der Waals surface area contributed by atoms with E-state index in [1.807, 2.05) is 0 Å². The van der Waals surface area contributed by atoms with E-state index in [0.717, 1.165) is 5.56 Å². The number of methoxy groups -OCH3 is 1. The Hall–Kier alpha value is -1.26. The fourth-order valence-electron chi connectivity index (χ4n) is 1.06. The van der Waals surface area contributed by atoms with Gasteiger partial charge in [-0.3, -0.25) is 0 Å². The van der Waals surface area contributed by atoms with E-state index in [1.54, 1.807) is 25.3 Å². The van der Waals surface area contributed by atoms with Gasteiger partial charge < -0.3 is 21.3 Å². The number of hydrogen-bond donors (Lipinski definition) is 3. The SMILES string of the molecule is COc1cc([C@H](N)CO)ccc1N. The number of aliphatic hydroxyl groups is 1. The molecule has 0 radical (unpaired) electrons. The second kappa shape index (κ2) is 4.11. The summed E-state index contributed by atoms with van der Waals surface area (Å²) in [6.45, 7) is -0.0902. The molecule has 0 aliphatic rings. The maximum absolute atomic E-state index is 8.82. The van der Waals surface area contributed by atoms with Crippen LogP contribution in [0.3, 0.4) is 0 Å². The van der Waals surface area contributed by atoms with E-state index < -0.39 is 0 Å². The van der Waals surface area contributed by atoms with Crippen molar-refractivity contribution in [2.75, 3.05) is 19.5 Å². The molecule has 1 rings (SSSR count). The van der Waals surface area contributed by atoms with Crippen molar-refractivity contribution in [3.8, 4) is 5.75 Å². The summed E-state index contributed by atoms with van der Waals surface area (Å²) < 4.78 is 5.02. The molecule has 0 saturated carbocycles. The number of hydrogen-bond acceptors (Lipinski definition) is 4. The van der Waals surface area contributed by atoms with Crippen LogP contribution in [0.5, 0.6) is 5.75 Å². The summed E-state index contributed by atoms with van der Waals surface area (Å²) in [5.74, 6) is 0.585. The number of nitrogen functional groups attached to an aromatic ring is 1. The lowest BCUT2D eigenvalue weighted by Gasteiger charge is -2.11. The highest BCUT2D eigenvalue weighted by atomic mass is 16.5. The van der Waals surface area contributed by atoms with E-state index in [2.05, 4.69) is 0 Å². The Morgan fingerprint density at radius 1 is 1.54 bits per heavy atom. The minimum absolute atomic E-state index is 0.0902. The maximum Gasteiger partial charge on any atom is 0.142 e. The summed E-state index contributed by atoms with van der Waals surface area (Å²) in [5.41, 5.74) is 12.6. The highest BCUT2D eigenvalue weighted by Gasteiger charge is 2.06. The minimum Gasteiger partial charge on any atom is -0.495 e. The molecule has 0 spiro atoms. The number of ether oxygens (including phenoxy) is 1. The second-order valence-electron chi connectivity index (χ2n) is 2.79. The van der Waals surface area contributed by atoms with Crippen LogP contribution in [0.4, 0.5) is 5.69 Å². The standard InChI is InChI=1S/C9H14N2O2/c1-13-9-4-6(8(11)5-12)2-3-7(9)10/h2-4,8,12H,5,10-11H2,1H3/t8-/m1/s1. The first-order chi connectivity index (χ1) is 6.19. The van der Waals surface area contributed by atoms with Gasteiger partial charge in [-0.15, -0.1) is 0 Å². The number of anilines is 1. The monoisotopic (exact) mass is 182 g/mol. The van der Waals surface area contributed by atoms with E-state index in [9.17, 15) is 0 Å². The summed E-state index contributed by atoms with van der Waals surface area (Å²) in [4.78, 5) is 0. The van der Waals surface area contributed by atoms with Crippen LogP contribution in [-0.4, -0.2) is 18.8 Å². The normalized spacial score (nSPS) is 12.5. The molecule has 1 atom stereocenters. The number of aliphatic hydroxyl groups excluding tert-OH is 1. The third kappa shape index (κ3) is 2.11. The lowest BCUT2D eigenvalue weighted by Crippen LogP contribution is -2.14. The molecule has 0 aliphatic carbocycles. The summed E-state index contributed by atoms with van der Waals surface area (Å²) in [6, 6.07) is 4.84. The first-order valence-electron chi connectivity index (χ1n) is 3.99. The van der Waals surface area contributed by atoms with Gasteiger partial charge in [0.05, 0.1) is 25.4 Å². The minimum atomic E-state index is -0.380. The second-order valence-corrected chi connectivity index (χ2v) is 2.79. The van der Waals surface area contributed by atoms with Gasteiger partial charge in [0.1, 0.15) is 5.75 Å². The molecule has 0 saturated heterocycles. The van der Waals surface area contributed by atoms with Gasteiger partial charge >= 0.3 is 0 Å². The smallest absolute Gasteiger partial charge is 0.142 e. The Bertz CT molecular complexity index is 289. The molecule has 0 fully saturated rings. The number of nitrogens with two attached hydrogens (primary N) is 2. The van der Waals surface area contributed by atoms with Crippen molar-refractivity contribution >= 4 is 5.69 Å². The average Bonchev–Trinajstić information content (AvgIpc) is 2.17. The molecule has 0 aliphatic heterocycles. The molecule has 0 heterocycles. The van der Waals surface area contributed by atoms with Gasteiger partial charge in [0, 0.05) is 0 Å². The first kappa shape index (κ1) is 9.83. The molecule has 0 unspecified atom stereocenters. The Morgan fingerprint density at radius 3 is 2.77 bits per heavy atom. The summed E-state index contributed by atoms with van der Waals surface area (Å²) in [7, 11) is 1.54. The zero-order chi connectivity index (χ0) is 9.84. The van der Waals surface area contributed by atoms with E-state index in [1.165, 1.54) is 0 Å². The molecule has 0 aromatic heterocycles. The van der Waals surface area contributed by atoms with Crippen molar-refractivity contribution in [1.82, 2.24) is 0 Å². The largest absolute Gasteiger partial charge is 0.495 e. The van der Waals surface area contributed by atoms with Crippen LogP contribution in [0.25, 0.3) is 0 Å². The molecule has 1 aromatic rings. The molecular weight excluding hydrogens is 168 g/mol. The summed E-state index contributed by atoms with van der Waals surface area (Å²) >= 11 is 0. The first-order valence-corrected chi connectivity index (χ1v) is 3.99. The maximum atomic E-state index is 8.82. The van der Waals surface area contributed by atoms with Gasteiger partial charge in [0.2, 0.25) is 0 Å². The molecule has 0 amide bonds. The van der Waals surface area contributed by atoms with Crippen molar-refractivity contribution < 1.29 is 9.84 Å². The molecule has 5 N–H and O–H groups in total. The molecule has 13 heavy (non-hydrogen) atoms. The lowest BCUT2D eigenvalue weighted by molar-refractivity contribution is 0.267. The quantitative estimate of drug-likeness (QED) is 0.586. The third-order valence-electron chi connectivity index (χ3n) is 1.88. The van der Waals surface area contributed by atoms with Crippen molar-refractivity contribution in [1.29, 1.82) is 0 Å². The van der Waals surface area contributed by atoms with Crippen molar-refractivity contribution in [2.45, 2.75) is 6.04 Å². The predicted octanol–water partition coefficient (Wildman–Crippen LogP) is 0.269. The van der Waals surface area contributed by atoms with Crippen molar-refractivity contribution in [2.24, 2.45) is 5.73 Å². The van der Waals surface area contributed by atoms with Gasteiger partial charge in [0.15, 0.2) is 0 Å². The molecule has 0 bridgehead atoms. The van der Waals surface area contributed by atoms with Gasteiger partial charge in [-0.2, -0.15) is 0 Å². The van der Waals surface area contributed by atoms with Crippen LogP contribution in [0.2, 0.25) is 0 Å². The average molecular weight is 182 g/mol. The topological polar surface area (TPSA) is 81.5 Å². The lowest BCUT2D eigenvalue weighted by atomic mass is 10.1. The Labute approximate surface area is 77.1 Å². The molecule has 1 aromatic carbocycles. The molecule has 4 heteroatoms. The van der Waals surface area contributed by atoms with Gasteiger partial charge in [-0.25, -0.2) is 0 Å². The van der Waals surface area contributed by atoms with Gasteiger partial charge in [0.25, 0.3) is 0 Å². The zero-order valence-corrected chi connectivity index (χ0v) is 7.53. The summed E-state index contributed by atoms with van der Waals surface area (Å²) in [6.07, 6.45) is 0. The van der Waals surface area contributed by atoms with E-state index in [0.29, 0.717) is 11.4 Å². The van der Waals surface area contributed by atoms with Crippen LogP contribution in [0.15, 0.2) is 18.2 Å². The van der Waals surface area contributed by atoms with Crippen molar-refractivity contribution in [3.05, 3.63) is 23.8 Å². The van der Waals surface area contributed by atoms with Crippen LogP contribution in [-0.2, 0) is 0 Å². The van der Waals surface area contributed by atoms with Crippen LogP contribution >= 0.6 is 0 Å². The van der Waals surface area contributed by atoms with E-state index >= 15 is 0 Å². The third-order valence-corrected chi connectivity index (χ3v) is 1.88. The molecule has 72 valence electrons.